The van der Waals surface area contributed by atoms with Crippen LogP contribution in [0.2, 0.25) is 0 Å². The van der Waals surface area contributed by atoms with Gasteiger partial charge in [0.1, 0.15) is 0 Å². The molecule has 1 nitrogen and oxygen atoms in total. The van der Waals surface area contributed by atoms with Crippen LogP contribution in [0.15, 0.2) is 6.20 Å². The van der Waals surface area contributed by atoms with Crippen LogP contribution in [-0.4, -0.2) is 27.5 Å². The molecule has 0 atom stereocenters. The number of rotatable bonds is 0. The van der Waals surface area contributed by atoms with Gasteiger partial charge in [-0.25, -0.2) is 0 Å². The van der Waals surface area contributed by atoms with Crippen molar-refractivity contribution in [3.05, 3.63) is 11.2 Å². The Kier molecular flexibility index (Phi) is 1.69. The molecule has 0 spiro atoms. The zero-order chi connectivity index (χ0) is 5.28. The molecule has 3 heteroatoms. The van der Waals surface area contributed by atoms with Gasteiger partial charge >= 0.3 is 59.9 Å². The molecule has 0 aliphatic carbocycles. The number of nitrogens with zero attached hydrogens (tertiary/aromatic N) is 1. The first-order valence-corrected chi connectivity index (χ1v) is 4.43. The summed E-state index contributed by atoms with van der Waals surface area (Å²) in [5.41, 5.74) is 0. The molecular formula is C4H5NSSn. The zero-order valence-electron chi connectivity index (χ0n) is 4.01. The molecule has 1 rings (SSSR count). The Hall–Kier alpha value is 0.429. The molecule has 0 N–H and O–H groups in total. The molecule has 1 aromatic rings. The van der Waals surface area contributed by atoms with Crippen LogP contribution in [0.5, 0.6) is 0 Å². The predicted octanol–water partition coefficient (Wildman–Crippen LogP) is -0.0224. The average Bonchev–Trinajstić information content (AvgIpc) is 1.87. The van der Waals surface area contributed by atoms with E-state index in [-0.39, 0.29) is 0 Å². The molecule has 0 saturated heterocycles. The number of hydrogen-bond acceptors (Lipinski definition) is 2. The van der Waals surface area contributed by atoms with E-state index >= 15 is 0 Å². The standard InChI is InChI=1S/C4H4NS.Sn.H/c1-4-5-2-3-6-4;;/h2H,1H3;;. The van der Waals surface area contributed by atoms with E-state index in [1.54, 1.807) is 11.3 Å². The first-order valence-electron chi connectivity index (χ1n) is 1.97. The van der Waals surface area contributed by atoms with Gasteiger partial charge < -0.3 is 0 Å². The van der Waals surface area contributed by atoms with Gasteiger partial charge in [0, 0.05) is 0 Å². The quantitative estimate of drug-likeness (QED) is 0.557. The fraction of sp³-hybridized carbons (Fsp3) is 0.250. The second kappa shape index (κ2) is 2.13. The van der Waals surface area contributed by atoms with Crippen molar-refractivity contribution >= 4 is 36.8 Å². The Morgan fingerprint density at radius 2 is 2.57 bits per heavy atom. The van der Waals surface area contributed by atoms with E-state index in [1.807, 2.05) is 13.1 Å². The molecule has 0 aliphatic rings. The topological polar surface area (TPSA) is 12.9 Å². The molecule has 0 saturated carbocycles. The van der Waals surface area contributed by atoms with Gasteiger partial charge in [-0.05, 0) is 0 Å². The number of hydrogen-bond donors (Lipinski definition) is 0. The number of thiazole rings is 1. The third-order valence-electron chi connectivity index (χ3n) is 0.639. The molecule has 36 valence electrons. The van der Waals surface area contributed by atoms with Crippen molar-refractivity contribution in [1.29, 1.82) is 0 Å². The van der Waals surface area contributed by atoms with Gasteiger partial charge in [-0.2, -0.15) is 0 Å². The summed E-state index contributed by atoms with van der Waals surface area (Å²) in [7, 11) is 0. The van der Waals surface area contributed by atoms with E-state index in [2.05, 4.69) is 4.98 Å². The summed E-state index contributed by atoms with van der Waals surface area (Å²) in [6, 6.07) is 0. The molecule has 0 aliphatic heterocycles. The predicted molar refractivity (Wildman–Crippen MR) is 33.6 cm³/mol. The van der Waals surface area contributed by atoms with Crippen LogP contribution in [0.1, 0.15) is 5.01 Å². The van der Waals surface area contributed by atoms with Crippen molar-refractivity contribution in [2.24, 2.45) is 0 Å². The molecular weight excluding hydrogens is 213 g/mol. The minimum atomic E-state index is 1.18. The molecule has 0 aromatic carbocycles. The fourth-order valence-electron chi connectivity index (χ4n) is 0.378. The molecule has 0 unspecified atom stereocenters. The Labute approximate surface area is 59.9 Å². The monoisotopic (exact) mass is 219 g/mol. The van der Waals surface area contributed by atoms with E-state index < -0.39 is 0 Å². The van der Waals surface area contributed by atoms with Crippen LogP contribution in [-0.2, 0) is 0 Å². The van der Waals surface area contributed by atoms with Crippen molar-refractivity contribution < 1.29 is 0 Å². The summed E-state index contributed by atoms with van der Waals surface area (Å²) in [5, 5.41) is 1.18. The van der Waals surface area contributed by atoms with Gasteiger partial charge in [0.05, 0.1) is 0 Å². The SMILES string of the molecule is Cc1nc[c]([SnH])s1. The molecule has 1 aromatic heterocycles. The summed E-state index contributed by atoms with van der Waals surface area (Å²) >= 11 is 3.00. The third-order valence-corrected chi connectivity index (χ3v) is 2.82. The first kappa shape index (κ1) is 5.56. The second-order valence-electron chi connectivity index (χ2n) is 1.28. The van der Waals surface area contributed by atoms with Crippen LogP contribution in [0.3, 0.4) is 0 Å². The third kappa shape index (κ3) is 1.42. The van der Waals surface area contributed by atoms with E-state index in [0.29, 0.717) is 0 Å². The van der Waals surface area contributed by atoms with Crippen LogP contribution in [0.25, 0.3) is 0 Å². The average molecular weight is 218 g/mol. The van der Waals surface area contributed by atoms with Crippen LogP contribution in [0, 0.1) is 6.92 Å². The van der Waals surface area contributed by atoms with Crippen molar-refractivity contribution in [3.63, 3.8) is 0 Å². The van der Waals surface area contributed by atoms with E-state index in [4.69, 9.17) is 0 Å². The van der Waals surface area contributed by atoms with Crippen molar-refractivity contribution in [1.82, 2.24) is 4.98 Å². The second-order valence-corrected chi connectivity index (χ2v) is 5.52. The van der Waals surface area contributed by atoms with Crippen molar-refractivity contribution in [2.45, 2.75) is 6.92 Å². The van der Waals surface area contributed by atoms with E-state index in [9.17, 15) is 0 Å². The first-order chi connectivity index (χ1) is 3.29. The summed E-state index contributed by atoms with van der Waals surface area (Å²) in [5.74, 6) is 0. The molecule has 0 amide bonds. The Balaban J connectivity index is 3.04. The van der Waals surface area contributed by atoms with Gasteiger partial charge in [0.2, 0.25) is 0 Å². The fourth-order valence-corrected chi connectivity index (χ4v) is 2.60. The van der Waals surface area contributed by atoms with Crippen molar-refractivity contribution in [3.8, 4) is 0 Å². The molecule has 7 heavy (non-hydrogen) atoms. The van der Waals surface area contributed by atoms with Crippen molar-refractivity contribution in [2.75, 3.05) is 0 Å². The van der Waals surface area contributed by atoms with Crippen LogP contribution in [0.4, 0.5) is 0 Å². The molecule has 0 bridgehead atoms. The maximum atomic E-state index is 4.07. The Morgan fingerprint density at radius 1 is 1.86 bits per heavy atom. The number of aryl methyl sites for hydroxylation is 1. The number of aromatic nitrogens is 1. The summed E-state index contributed by atoms with van der Waals surface area (Å²) < 4.78 is 1.42. The van der Waals surface area contributed by atoms with E-state index in [1.165, 1.54) is 30.4 Å². The minimum absolute atomic E-state index is 1.18. The van der Waals surface area contributed by atoms with Gasteiger partial charge in [-0.1, -0.05) is 0 Å². The van der Waals surface area contributed by atoms with Gasteiger partial charge in [0.25, 0.3) is 0 Å². The molecule has 0 fully saturated rings. The van der Waals surface area contributed by atoms with Gasteiger partial charge in [-0.15, -0.1) is 0 Å². The van der Waals surface area contributed by atoms with Crippen LogP contribution >= 0.6 is 11.3 Å². The summed E-state index contributed by atoms with van der Waals surface area (Å²) in [6.07, 6.45) is 1.95. The normalized spacial score (nSPS) is 9.43. The summed E-state index contributed by atoms with van der Waals surface area (Å²) in [4.78, 5) is 4.07. The Bertz CT molecular complexity index is 144. The maximum absolute atomic E-state index is 4.07. The zero-order valence-corrected chi connectivity index (χ0v) is 8.12. The van der Waals surface area contributed by atoms with Crippen LogP contribution < -0.4 is 2.89 Å². The van der Waals surface area contributed by atoms with E-state index in [0.717, 1.165) is 0 Å². The summed E-state index contributed by atoms with van der Waals surface area (Å²) in [6.45, 7) is 2.03. The molecule has 1 heterocycles. The van der Waals surface area contributed by atoms with Gasteiger partial charge in [0.15, 0.2) is 0 Å². The Morgan fingerprint density at radius 3 is 2.71 bits per heavy atom. The molecule has 2 radical (unpaired) electrons. The van der Waals surface area contributed by atoms with Gasteiger partial charge in [-0.3, -0.25) is 0 Å².